The second-order valence-corrected chi connectivity index (χ2v) is 3.32. The molecule has 1 aliphatic carbocycles. The van der Waals surface area contributed by atoms with Gasteiger partial charge < -0.3 is 9.84 Å². The van der Waals surface area contributed by atoms with Gasteiger partial charge in [0.05, 0.1) is 19.4 Å². The van der Waals surface area contributed by atoms with E-state index in [-0.39, 0.29) is 12.8 Å². The number of allylic oxidation sites excluding steroid dienone is 3. The molecule has 0 spiro atoms. The Morgan fingerprint density at radius 1 is 1.40 bits per heavy atom. The SMILES string of the molecule is O=C(O)CCC(=O)OCCC1=CC=CC1. The summed E-state index contributed by atoms with van der Waals surface area (Å²) in [5, 5.41) is 8.34. The van der Waals surface area contributed by atoms with Gasteiger partial charge in [0.25, 0.3) is 0 Å². The molecule has 82 valence electrons. The highest BCUT2D eigenvalue weighted by Crippen LogP contribution is 2.13. The fraction of sp³-hybridized carbons (Fsp3) is 0.455. The van der Waals surface area contributed by atoms with Gasteiger partial charge in [-0.25, -0.2) is 0 Å². The molecule has 0 saturated carbocycles. The Balaban J connectivity index is 2.04. The topological polar surface area (TPSA) is 63.6 Å². The van der Waals surface area contributed by atoms with Crippen molar-refractivity contribution in [2.24, 2.45) is 0 Å². The van der Waals surface area contributed by atoms with Crippen LogP contribution < -0.4 is 0 Å². The van der Waals surface area contributed by atoms with Crippen molar-refractivity contribution in [1.29, 1.82) is 0 Å². The standard InChI is InChI=1S/C11H14O4/c12-10(13)5-6-11(14)15-8-7-9-3-1-2-4-9/h1-3H,4-8H2,(H,12,13). The van der Waals surface area contributed by atoms with E-state index in [2.05, 4.69) is 0 Å². The molecule has 1 rings (SSSR count). The lowest BCUT2D eigenvalue weighted by Gasteiger charge is -2.04. The highest BCUT2D eigenvalue weighted by Gasteiger charge is 2.07. The minimum absolute atomic E-state index is 0.0490. The van der Waals surface area contributed by atoms with Crippen LogP contribution in [-0.2, 0) is 14.3 Å². The molecule has 0 radical (unpaired) electrons. The summed E-state index contributed by atoms with van der Waals surface area (Å²) in [6.45, 7) is 0.339. The van der Waals surface area contributed by atoms with Gasteiger partial charge in [0.1, 0.15) is 0 Å². The molecule has 0 unspecified atom stereocenters. The van der Waals surface area contributed by atoms with E-state index >= 15 is 0 Å². The van der Waals surface area contributed by atoms with Gasteiger partial charge in [0.2, 0.25) is 0 Å². The number of carboxylic acid groups (broad SMARTS) is 1. The second kappa shape index (κ2) is 6.01. The lowest BCUT2D eigenvalue weighted by molar-refractivity contribution is -0.147. The minimum Gasteiger partial charge on any atom is -0.481 e. The van der Waals surface area contributed by atoms with E-state index in [4.69, 9.17) is 9.84 Å². The van der Waals surface area contributed by atoms with E-state index < -0.39 is 11.9 Å². The normalized spacial score (nSPS) is 13.7. The Bertz CT molecular complexity index is 302. The molecule has 1 aliphatic rings. The monoisotopic (exact) mass is 210 g/mol. The number of carboxylic acids is 1. The molecule has 15 heavy (non-hydrogen) atoms. The number of carbonyl (C=O) groups excluding carboxylic acids is 1. The Labute approximate surface area is 88.2 Å². The van der Waals surface area contributed by atoms with Crippen LogP contribution in [0.15, 0.2) is 23.8 Å². The van der Waals surface area contributed by atoms with Crippen LogP contribution in [-0.4, -0.2) is 23.7 Å². The molecular formula is C11H14O4. The second-order valence-electron chi connectivity index (χ2n) is 3.32. The molecule has 0 aromatic carbocycles. The van der Waals surface area contributed by atoms with Crippen molar-refractivity contribution in [2.45, 2.75) is 25.7 Å². The first-order valence-electron chi connectivity index (χ1n) is 4.90. The number of carbonyl (C=O) groups is 2. The fourth-order valence-electron chi connectivity index (χ4n) is 1.25. The molecule has 0 bridgehead atoms. The molecule has 4 heteroatoms. The fourth-order valence-corrected chi connectivity index (χ4v) is 1.25. The summed E-state index contributed by atoms with van der Waals surface area (Å²) in [6.07, 6.45) is 7.46. The smallest absolute Gasteiger partial charge is 0.306 e. The number of ether oxygens (including phenoxy) is 1. The Morgan fingerprint density at radius 3 is 2.80 bits per heavy atom. The lowest BCUT2D eigenvalue weighted by atomic mass is 10.2. The van der Waals surface area contributed by atoms with Crippen molar-refractivity contribution in [3.8, 4) is 0 Å². The van der Waals surface area contributed by atoms with Crippen LogP contribution in [0.2, 0.25) is 0 Å². The van der Waals surface area contributed by atoms with Crippen LogP contribution in [0, 0.1) is 0 Å². The number of hydrogen-bond acceptors (Lipinski definition) is 3. The minimum atomic E-state index is -0.977. The molecule has 0 saturated heterocycles. The van der Waals surface area contributed by atoms with Crippen molar-refractivity contribution in [2.75, 3.05) is 6.61 Å². The molecular weight excluding hydrogens is 196 g/mol. The zero-order chi connectivity index (χ0) is 11.1. The highest BCUT2D eigenvalue weighted by atomic mass is 16.5. The van der Waals surface area contributed by atoms with Crippen LogP contribution in [0.4, 0.5) is 0 Å². The van der Waals surface area contributed by atoms with E-state index in [9.17, 15) is 9.59 Å². The van der Waals surface area contributed by atoms with Gasteiger partial charge in [-0.2, -0.15) is 0 Å². The number of esters is 1. The van der Waals surface area contributed by atoms with Gasteiger partial charge in [-0.15, -0.1) is 0 Å². The largest absolute Gasteiger partial charge is 0.481 e. The molecule has 0 amide bonds. The molecule has 0 aromatic rings. The van der Waals surface area contributed by atoms with Gasteiger partial charge >= 0.3 is 11.9 Å². The zero-order valence-electron chi connectivity index (χ0n) is 8.44. The molecule has 0 heterocycles. The molecule has 0 aromatic heterocycles. The first-order chi connectivity index (χ1) is 7.18. The quantitative estimate of drug-likeness (QED) is 0.677. The van der Waals surface area contributed by atoms with Gasteiger partial charge in [0.15, 0.2) is 0 Å². The van der Waals surface area contributed by atoms with Crippen molar-refractivity contribution < 1.29 is 19.4 Å². The zero-order valence-corrected chi connectivity index (χ0v) is 8.44. The first kappa shape index (κ1) is 11.5. The van der Waals surface area contributed by atoms with Crippen molar-refractivity contribution in [3.05, 3.63) is 23.8 Å². The Morgan fingerprint density at radius 2 is 2.20 bits per heavy atom. The Hall–Kier alpha value is -1.58. The molecule has 0 fully saturated rings. The lowest BCUT2D eigenvalue weighted by Crippen LogP contribution is -2.08. The van der Waals surface area contributed by atoms with E-state index in [1.165, 1.54) is 5.57 Å². The van der Waals surface area contributed by atoms with E-state index in [0.29, 0.717) is 6.61 Å². The third-order valence-corrected chi connectivity index (χ3v) is 2.08. The summed E-state index contributed by atoms with van der Waals surface area (Å²) < 4.78 is 4.88. The maximum atomic E-state index is 11.0. The number of hydrogen-bond donors (Lipinski definition) is 1. The predicted molar refractivity (Wildman–Crippen MR) is 54.3 cm³/mol. The van der Waals surface area contributed by atoms with Crippen LogP contribution >= 0.6 is 0 Å². The van der Waals surface area contributed by atoms with Gasteiger partial charge in [-0.05, 0) is 6.42 Å². The van der Waals surface area contributed by atoms with Crippen LogP contribution in [0.25, 0.3) is 0 Å². The third kappa shape index (κ3) is 5.00. The van der Waals surface area contributed by atoms with Crippen molar-refractivity contribution >= 4 is 11.9 Å². The van der Waals surface area contributed by atoms with E-state index in [1.54, 1.807) is 0 Å². The number of aliphatic carboxylic acids is 1. The summed E-state index contributed by atoms with van der Waals surface area (Å²) in [5.41, 5.74) is 1.24. The van der Waals surface area contributed by atoms with Gasteiger partial charge in [0, 0.05) is 6.42 Å². The predicted octanol–water partition coefficient (Wildman–Crippen LogP) is 1.67. The number of rotatable bonds is 6. The average Bonchev–Trinajstić information content (AvgIpc) is 2.67. The summed E-state index contributed by atoms with van der Waals surface area (Å²) >= 11 is 0. The third-order valence-electron chi connectivity index (χ3n) is 2.08. The van der Waals surface area contributed by atoms with E-state index in [0.717, 1.165) is 12.8 Å². The van der Waals surface area contributed by atoms with Crippen LogP contribution in [0.5, 0.6) is 0 Å². The summed E-state index contributed by atoms with van der Waals surface area (Å²) in [4.78, 5) is 21.2. The summed E-state index contributed by atoms with van der Waals surface area (Å²) in [7, 11) is 0. The first-order valence-corrected chi connectivity index (χ1v) is 4.90. The summed E-state index contributed by atoms with van der Waals surface area (Å²) in [5.74, 6) is -1.42. The van der Waals surface area contributed by atoms with Gasteiger partial charge in [-0.3, -0.25) is 9.59 Å². The van der Waals surface area contributed by atoms with Crippen molar-refractivity contribution in [3.63, 3.8) is 0 Å². The highest BCUT2D eigenvalue weighted by molar-refractivity contribution is 5.76. The Kier molecular flexibility index (Phi) is 4.60. The molecule has 1 N–H and O–H groups in total. The van der Waals surface area contributed by atoms with Crippen LogP contribution in [0.1, 0.15) is 25.7 Å². The molecule has 0 atom stereocenters. The van der Waals surface area contributed by atoms with Crippen LogP contribution in [0.3, 0.4) is 0 Å². The molecule has 4 nitrogen and oxygen atoms in total. The summed E-state index contributed by atoms with van der Waals surface area (Å²) in [6, 6.07) is 0. The van der Waals surface area contributed by atoms with Gasteiger partial charge in [-0.1, -0.05) is 23.8 Å². The van der Waals surface area contributed by atoms with E-state index in [1.807, 2.05) is 18.2 Å². The average molecular weight is 210 g/mol. The van der Waals surface area contributed by atoms with Crippen molar-refractivity contribution in [1.82, 2.24) is 0 Å². The maximum absolute atomic E-state index is 11.0. The maximum Gasteiger partial charge on any atom is 0.306 e. The molecule has 0 aliphatic heterocycles.